The monoisotopic (exact) mass is 780 g/mol. The van der Waals surface area contributed by atoms with Gasteiger partial charge < -0.3 is 52.2 Å². The third kappa shape index (κ3) is 8.78. The van der Waals surface area contributed by atoms with Gasteiger partial charge in [0.25, 0.3) is 0 Å². The fourth-order valence-corrected chi connectivity index (χ4v) is 7.26. The molecule has 0 radical (unpaired) electrons. The summed E-state index contributed by atoms with van der Waals surface area (Å²) < 4.78 is 0. The third-order valence-corrected chi connectivity index (χ3v) is 10.3. The number of carbonyl (C=O) groups is 4. The lowest BCUT2D eigenvalue weighted by atomic mass is 10.0. The molecule has 4 aromatic heterocycles. The summed E-state index contributed by atoms with van der Waals surface area (Å²) in [5.41, 5.74) is 19.5. The first-order valence-electron chi connectivity index (χ1n) is 18.8. The van der Waals surface area contributed by atoms with Crippen LogP contribution >= 0.6 is 0 Å². The summed E-state index contributed by atoms with van der Waals surface area (Å²) in [5.74, 6) is -3.16. The second-order valence-electron chi connectivity index (χ2n) is 14.3. The average molecular weight is 781 g/mol. The first kappa shape index (κ1) is 39.1. The molecule has 0 aliphatic rings. The molecule has 4 atom stereocenters. The quantitative estimate of drug-likeness (QED) is 0.0742. The summed E-state index contributed by atoms with van der Waals surface area (Å²) in [6.07, 6.45) is 8.19. The Bertz CT molecular complexity index is 2540. The van der Waals surface area contributed by atoms with Gasteiger partial charge in [0.05, 0.1) is 12.1 Å². The number of rotatable bonds is 14. The van der Waals surface area contributed by atoms with E-state index in [1.807, 2.05) is 109 Å². The highest BCUT2D eigenvalue weighted by Gasteiger charge is 2.27. The molecule has 0 saturated carbocycles. The lowest BCUT2D eigenvalue weighted by Gasteiger charge is -2.17. The van der Waals surface area contributed by atoms with Gasteiger partial charge in [0, 0.05) is 81.2 Å². The molecule has 58 heavy (non-hydrogen) atoms. The van der Waals surface area contributed by atoms with E-state index in [1.54, 1.807) is 12.4 Å². The zero-order chi connectivity index (χ0) is 40.8. The molecule has 0 aliphatic carbocycles. The number of carboxylic acids is 2. The third-order valence-electron chi connectivity index (χ3n) is 10.3. The standard InChI is InChI=1S/2C22H22N4O3/c2*23-17(9-13-11-24-18-7-3-1-5-15(13)18)21(27)26-20(22(28)29)10-14-12-25-19-8-4-2-6-16(14)19/h2*1-8,11-12,17,20,24-25H,9-10,23H2,(H,26,27)(H,28,29)/t2*17-,20-/m00/s1. The van der Waals surface area contributed by atoms with Crippen LogP contribution in [0.15, 0.2) is 122 Å². The van der Waals surface area contributed by atoms with Crippen LogP contribution in [0, 0.1) is 0 Å². The van der Waals surface area contributed by atoms with Crippen LogP contribution in [0.3, 0.4) is 0 Å². The zero-order valence-corrected chi connectivity index (χ0v) is 31.4. The summed E-state index contributed by atoms with van der Waals surface area (Å²) in [5, 5.41) is 28.3. The molecular formula is C44H44N8O6. The number of amides is 2. The van der Waals surface area contributed by atoms with Crippen LogP contribution in [0.25, 0.3) is 43.6 Å². The van der Waals surface area contributed by atoms with Crippen molar-refractivity contribution in [3.8, 4) is 0 Å². The van der Waals surface area contributed by atoms with Gasteiger partial charge in [-0.2, -0.15) is 0 Å². The topological polar surface area (TPSA) is 248 Å². The Labute approximate surface area is 332 Å². The fraction of sp³-hybridized carbons (Fsp3) is 0.182. The molecule has 14 heteroatoms. The second kappa shape index (κ2) is 17.3. The van der Waals surface area contributed by atoms with Crippen LogP contribution in [-0.2, 0) is 44.9 Å². The maximum absolute atomic E-state index is 12.6. The minimum atomic E-state index is -1.09. The molecule has 0 unspecified atom stereocenters. The van der Waals surface area contributed by atoms with E-state index in [0.29, 0.717) is 12.8 Å². The highest BCUT2D eigenvalue weighted by Crippen LogP contribution is 2.23. The predicted molar refractivity (Wildman–Crippen MR) is 223 cm³/mol. The van der Waals surface area contributed by atoms with E-state index in [9.17, 15) is 29.4 Å². The predicted octanol–water partition coefficient (Wildman–Crippen LogP) is 4.66. The van der Waals surface area contributed by atoms with Gasteiger partial charge in [0.15, 0.2) is 0 Å². The van der Waals surface area contributed by atoms with Crippen molar-refractivity contribution in [3.63, 3.8) is 0 Å². The number of benzene rings is 4. The van der Waals surface area contributed by atoms with Crippen molar-refractivity contribution in [2.24, 2.45) is 11.5 Å². The molecular weight excluding hydrogens is 737 g/mol. The maximum Gasteiger partial charge on any atom is 0.326 e. The molecule has 0 spiro atoms. The smallest absolute Gasteiger partial charge is 0.326 e. The summed E-state index contributed by atoms with van der Waals surface area (Å²) >= 11 is 0. The molecule has 2 amide bonds. The van der Waals surface area contributed by atoms with E-state index in [2.05, 4.69) is 30.6 Å². The van der Waals surface area contributed by atoms with Gasteiger partial charge in [-0.25, -0.2) is 9.59 Å². The van der Waals surface area contributed by atoms with Gasteiger partial charge in [0.1, 0.15) is 12.1 Å². The molecule has 12 N–H and O–H groups in total. The summed E-state index contributed by atoms with van der Waals surface area (Å²) in [7, 11) is 0. The molecule has 0 aliphatic heterocycles. The highest BCUT2D eigenvalue weighted by molar-refractivity contribution is 5.91. The number of nitrogens with two attached hydrogens (primary N) is 2. The van der Waals surface area contributed by atoms with Crippen molar-refractivity contribution < 1.29 is 29.4 Å². The van der Waals surface area contributed by atoms with Gasteiger partial charge in [-0.1, -0.05) is 72.8 Å². The van der Waals surface area contributed by atoms with Crippen molar-refractivity contribution in [2.75, 3.05) is 0 Å². The van der Waals surface area contributed by atoms with E-state index in [4.69, 9.17) is 11.5 Å². The number of hydrogen-bond donors (Lipinski definition) is 10. The molecule has 0 saturated heterocycles. The highest BCUT2D eigenvalue weighted by atomic mass is 16.4. The number of fused-ring (bicyclic) bond motifs is 4. The van der Waals surface area contributed by atoms with E-state index in [-0.39, 0.29) is 12.8 Å². The Morgan fingerprint density at radius 2 is 0.707 bits per heavy atom. The molecule has 4 heterocycles. The normalized spacial score (nSPS) is 13.4. The van der Waals surface area contributed by atoms with Gasteiger partial charge in [0.2, 0.25) is 11.8 Å². The van der Waals surface area contributed by atoms with Crippen molar-refractivity contribution in [2.45, 2.75) is 49.9 Å². The minimum Gasteiger partial charge on any atom is -0.480 e. The van der Waals surface area contributed by atoms with E-state index >= 15 is 0 Å². The van der Waals surface area contributed by atoms with Crippen LogP contribution in [0.5, 0.6) is 0 Å². The Hall–Kier alpha value is -7.16. The number of carbonyl (C=O) groups excluding carboxylic acids is 2. The van der Waals surface area contributed by atoms with Crippen LogP contribution < -0.4 is 22.1 Å². The number of aliphatic carboxylic acids is 2. The number of aromatic nitrogens is 4. The maximum atomic E-state index is 12.6. The molecule has 0 bridgehead atoms. The van der Waals surface area contributed by atoms with Crippen LogP contribution in [0.1, 0.15) is 22.3 Å². The lowest BCUT2D eigenvalue weighted by Crippen LogP contribution is -2.50. The zero-order valence-electron chi connectivity index (χ0n) is 31.4. The van der Waals surface area contributed by atoms with Crippen molar-refractivity contribution in [1.29, 1.82) is 0 Å². The number of hydrogen-bond acceptors (Lipinski definition) is 6. The van der Waals surface area contributed by atoms with Gasteiger partial charge in [-0.15, -0.1) is 0 Å². The fourth-order valence-electron chi connectivity index (χ4n) is 7.26. The molecule has 8 aromatic rings. The molecule has 296 valence electrons. The summed E-state index contributed by atoms with van der Waals surface area (Å²) in [6, 6.07) is 27.0. The SMILES string of the molecule is N[C@@H](Cc1c[nH]c2ccccc12)C(=O)N[C@@H](Cc1c[nH]c2ccccc12)C(=O)O.N[C@@H](Cc1c[nH]c2ccccc12)C(=O)N[C@@H](Cc1c[nH]c2ccccc12)C(=O)O. The number of para-hydroxylation sites is 4. The Morgan fingerprint density at radius 1 is 0.448 bits per heavy atom. The molecule has 14 nitrogen and oxygen atoms in total. The minimum absolute atomic E-state index is 0.172. The first-order valence-corrected chi connectivity index (χ1v) is 18.8. The molecule has 8 rings (SSSR count). The number of H-pyrrole nitrogens is 4. The molecule has 4 aromatic carbocycles. The van der Waals surface area contributed by atoms with Crippen LogP contribution in [-0.4, -0.2) is 78.1 Å². The first-order chi connectivity index (χ1) is 28.0. The van der Waals surface area contributed by atoms with Gasteiger partial charge in [-0.3, -0.25) is 9.59 Å². The van der Waals surface area contributed by atoms with Crippen molar-refractivity contribution in [3.05, 3.63) is 144 Å². The Kier molecular flexibility index (Phi) is 11.7. The van der Waals surface area contributed by atoms with Crippen molar-refractivity contribution in [1.82, 2.24) is 30.6 Å². The second-order valence-corrected chi connectivity index (χ2v) is 14.3. The Balaban J connectivity index is 0.000000177. The van der Waals surface area contributed by atoms with Gasteiger partial charge in [-0.05, 0) is 59.4 Å². The number of carboxylic acid groups (broad SMARTS) is 2. The summed E-state index contributed by atoms with van der Waals surface area (Å²) in [4.78, 5) is 61.2. The van der Waals surface area contributed by atoms with Crippen LogP contribution in [0.2, 0.25) is 0 Å². The Morgan fingerprint density at radius 3 is 0.983 bits per heavy atom. The van der Waals surface area contributed by atoms with E-state index in [0.717, 1.165) is 65.9 Å². The molecule has 0 fully saturated rings. The number of nitrogens with one attached hydrogen (secondary N) is 6. The van der Waals surface area contributed by atoms with E-state index in [1.165, 1.54) is 0 Å². The summed E-state index contributed by atoms with van der Waals surface area (Å²) in [6.45, 7) is 0. The van der Waals surface area contributed by atoms with Crippen LogP contribution in [0.4, 0.5) is 0 Å². The number of aromatic amines is 4. The van der Waals surface area contributed by atoms with Gasteiger partial charge >= 0.3 is 11.9 Å². The van der Waals surface area contributed by atoms with E-state index < -0.39 is 47.9 Å². The largest absolute Gasteiger partial charge is 0.480 e. The lowest BCUT2D eigenvalue weighted by molar-refractivity contribution is -0.142. The van der Waals surface area contributed by atoms with Crippen molar-refractivity contribution >= 4 is 67.4 Å². The average Bonchev–Trinajstić information content (AvgIpc) is 4.04.